The minimum Gasteiger partial charge on any atom is -0.409 e. The zero-order chi connectivity index (χ0) is 13.6. The van der Waals surface area contributed by atoms with Crippen LogP contribution >= 0.6 is 0 Å². The van der Waals surface area contributed by atoms with Crippen molar-refractivity contribution in [2.75, 3.05) is 13.1 Å². The van der Waals surface area contributed by atoms with Gasteiger partial charge in [0.1, 0.15) is 5.84 Å². The fourth-order valence-electron chi connectivity index (χ4n) is 1.67. The van der Waals surface area contributed by atoms with Crippen LogP contribution < -0.4 is 11.1 Å². The zero-order valence-electron chi connectivity index (χ0n) is 10.8. The summed E-state index contributed by atoms with van der Waals surface area (Å²) < 4.78 is 0. The molecule has 5 nitrogen and oxygen atoms in total. The van der Waals surface area contributed by atoms with Gasteiger partial charge in [0.25, 0.3) is 0 Å². The smallest absolute Gasteiger partial charge is 0.147 e. The summed E-state index contributed by atoms with van der Waals surface area (Å²) in [7, 11) is 0. The van der Waals surface area contributed by atoms with Crippen molar-refractivity contribution in [3.8, 4) is 0 Å². The molecule has 0 bridgehead atoms. The van der Waals surface area contributed by atoms with Crippen LogP contribution in [0.25, 0.3) is 0 Å². The summed E-state index contributed by atoms with van der Waals surface area (Å²) in [5.74, 6) is -0.0528. The summed E-state index contributed by atoms with van der Waals surface area (Å²) in [5.41, 5.74) is 5.88. The Kier molecular flexibility index (Phi) is 5.12. The zero-order valence-corrected chi connectivity index (χ0v) is 10.8. The molecule has 18 heavy (non-hydrogen) atoms. The van der Waals surface area contributed by atoms with Crippen molar-refractivity contribution >= 4 is 5.84 Å². The summed E-state index contributed by atoms with van der Waals surface area (Å²) in [4.78, 5) is 0. The molecular formula is C13H21N3O2. The van der Waals surface area contributed by atoms with Crippen molar-refractivity contribution < 1.29 is 10.3 Å². The van der Waals surface area contributed by atoms with E-state index in [-0.39, 0.29) is 11.8 Å². The highest BCUT2D eigenvalue weighted by Crippen LogP contribution is 2.15. The van der Waals surface area contributed by atoms with Crippen molar-refractivity contribution in [2.24, 2.45) is 10.9 Å². The van der Waals surface area contributed by atoms with Crippen molar-refractivity contribution in [1.82, 2.24) is 5.32 Å². The van der Waals surface area contributed by atoms with Gasteiger partial charge in [-0.3, -0.25) is 0 Å². The van der Waals surface area contributed by atoms with E-state index in [1.165, 1.54) is 0 Å². The van der Waals surface area contributed by atoms with Gasteiger partial charge in [-0.2, -0.15) is 0 Å². The number of hydrogen-bond acceptors (Lipinski definition) is 4. The third-order valence-corrected chi connectivity index (χ3v) is 2.58. The van der Waals surface area contributed by atoms with Gasteiger partial charge in [-0.15, -0.1) is 0 Å². The molecule has 0 aromatic heterocycles. The van der Waals surface area contributed by atoms with Gasteiger partial charge in [0.05, 0.1) is 11.5 Å². The number of aliphatic hydroxyl groups is 1. The molecule has 0 radical (unpaired) electrons. The van der Waals surface area contributed by atoms with Crippen molar-refractivity contribution in [1.29, 1.82) is 0 Å². The Balaban J connectivity index is 2.70. The largest absolute Gasteiger partial charge is 0.409 e. The Morgan fingerprint density at radius 3 is 2.50 bits per heavy atom. The number of nitrogens with two attached hydrogens (primary N) is 1. The monoisotopic (exact) mass is 251 g/mol. The number of nitrogens with zero attached hydrogens (tertiary/aromatic N) is 1. The van der Waals surface area contributed by atoms with E-state index in [2.05, 4.69) is 10.5 Å². The highest BCUT2D eigenvalue weighted by molar-refractivity contribution is 5.87. The van der Waals surface area contributed by atoms with Gasteiger partial charge >= 0.3 is 0 Å². The van der Waals surface area contributed by atoms with Crippen LogP contribution in [0.4, 0.5) is 0 Å². The minimum atomic E-state index is -0.785. The highest BCUT2D eigenvalue weighted by atomic mass is 16.4. The summed E-state index contributed by atoms with van der Waals surface area (Å²) in [6.07, 6.45) is 0. The van der Waals surface area contributed by atoms with Gasteiger partial charge in [-0.25, -0.2) is 0 Å². The molecule has 1 unspecified atom stereocenters. The van der Waals surface area contributed by atoms with Crippen molar-refractivity contribution in [3.63, 3.8) is 0 Å². The maximum Gasteiger partial charge on any atom is 0.147 e. The molecule has 0 amide bonds. The molecule has 0 aliphatic rings. The van der Waals surface area contributed by atoms with Crippen LogP contribution in [-0.4, -0.2) is 34.8 Å². The Bertz CT molecular complexity index is 385. The molecule has 0 aliphatic heterocycles. The van der Waals surface area contributed by atoms with Crippen LogP contribution in [0.3, 0.4) is 0 Å². The number of oxime groups is 1. The normalized spacial score (nSPS) is 14.5. The van der Waals surface area contributed by atoms with Crippen molar-refractivity contribution in [2.45, 2.75) is 25.4 Å². The lowest BCUT2D eigenvalue weighted by Gasteiger charge is -2.21. The molecule has 5 heteroatoms. The van der Waals surface area contributed by atoms with E-state index in [1.807, 2.05) is 30.3 Å². The second-order valence-electron chi connectivity index (χ2n) is 4.93. The summed E-state index contributed by atoms with van der Waals surface area (Å²) >= 11 is 0. The fourth-order valence-corrected chi connectivity index (χ4v) is 1.67. The Hall–Kier alpha value is -1.59. The van der Waals surface area contributed by atoms with E-state index in [9.17, 15) is 5.11 Å². The lowest BCUT2D eigenvalue weighted by Crippen LogP contribution is -2.39. The molecule has 0 saturated carbocycles. The predicted molar refractivity (Wildman–Crippen MR) is 71.8 cm³/mol. The standard InChI is InChI=1S/C13H21N3O2/c1-13(2,17)9-15-8-11(12(14)16-18)10-6-4-3-5-7-10/h3-7,11,15,17-18H,8-9H2,1-2H3,(H2,14,16). The van der Waals surface area contributed by atoms with Crippen LogP contribution in [0, 0.1) is 0 Å². The summed E-state index contributed by atoms with van der Waals surface area (Å²) in [5, 5.41) is 24.6. The second kappa shape index (κ2) is 6.37. The van der Waals surface area contributed by atoms with Gasteiger partial charge in [-0.1, -0.05) is 35.5 Å². The van der Waals surface area contributed by atoms with Crippen LogP contribution in [0.5, 0.6) is 0 Å². The van der Waals surface area contributed by atoms with Gasteiger partial charge in [0.15, 0.2) is 0 Å². The van der Waals surface area contributed by atoms with E-state index < -0.39 is 5.60 Å². The number of amidine groups is 1. The number of nitrogens with one attached hydrogen (secondary N) is 1. The van der Waals surface area contributed by atoms with E-state index in [1.54, 1.807) is 13.8 Å². The van der Waals surface area contributed by atoms with Gasteiger partial charge in [-0.05, 0) is 19.4 Å². The molecule has 1 rings (SSSR count). The maximum absolute atomic E-state index is 9.62. The first-order valence-electron chi connectivity index (χ1n) is 5.89. The van der Waals surface area contributed by atoms with Crippen LogP contribution in [0.1, 0.15) is 25.3 Å². The van der Waals surface area contributed by atoms with Gasteiger partial charge in [0.2, 0.25) is 0 Å². The quantitative estimate of drug-likeness (QED) is 0.261. The molecule has 1 aromatic carbocycles. The minimum absolute atomic E-state index is 0.157. The van der Waals surface area contributed by atoms with Crippen LogP contribution in [0.2, 0.25) is 0 Å². The van der Waals surface area contributed by atoms with E-state index in [0.29, 0.717) is 13.1 Å². The molecule has 0 spiro atoms. The van der Waals surface area contributed by atoms with Gasteiger partial charge < -0.3 is 21.4 Å². The first-order chi connectivity index (χ1) is 8.44. The van der Waals surface area contributed by atoms with Gasteiger partial charge in [0, 0.05) is 13.1 Å². The summed E-state index contributed by atoms with van der Waals surface area (Å²) in [6.45, 7) is 4.39. The van der Waals surface area contributed by atoms with E-state index >= 15 is 0 Å². The topological polar surface area (TPSA) is 90.9 Å². The third-order valence-electron chi connectivity index (χ3n) is 2.58. The summed E-state index contributed by atoms with van der Waals surface area (Å²) in [6, 6.07) is 9.58. The van der Waals surface area contributed by atoms with E-state index in [0.717, 1.165) is 5.56 Å². The molecule has 5 N–H and O–H groups in total. The molecule has 0 aliphatic carbocycles. The first kappa shape index (κ1) is 14.5. The highest BCUT2D eigenvalue weighted by Gasteiger charge is 2.18. The molecule has 0 fully saturated rings. The maximum atomic E-state index is 9.62. The predicted octanol–water partition coefficient (Wildman–Crippen LogP) is 0.877. The molecule has 100 valence electrons. The molecule has 1 aromatic rings. The number of rotatable bonds is 6. The third kappa shape index (κ3) is 4.73. The Morgan fingerprint density at radius 2 is 2.00 bits per heavy atom. The van der Waals surface area contributed by atoms with Crippen LogP contribution in [-0.2, 0) is 0 Å². The van der Waals surface area contributed by atoms with Crippen LogP contribution in [0.15, 0.2) is 35.5 Å². The number of benzene rings is 1. The average molecular weight is 251 g/mol. The number of hydrogen-bond donors (Lipinski definition) is 4. The fraction of sp³-hybridized carbons (Fsp3) is 0.462. The lowest BCUT2D eigenvalue weighted by atomic mass is 9.97. The Morgan fingerprint density at radius 1 is 1.39 bits per heavy atom. The second-order valence-corrected chi connectivity index (χ2v) is 4.93. The first-order valence-corrected chi connectivity index (χ1v) is 5.89. The molecule has 0 heterocycles. The Labute approximate surface area is 107 Å². The van der Waals surface area contributed by atoms with E-state index in [4.69, 9.17) is 10.9 Å². The molecule has 0 saturated heterocycles. The average Bonchev–Trinajstić information content (AvgIpc) is 2.33. The molecule has 1 atom stereocenters. The lowest BCUT2D eigenvalue weighted by molar-refractivity contribution is 0.0799. The van der Waals surface area contributed by atoms with Crippen molar-refractivity contribution in [3.05, 3.63) is 35.9 Å². The SMILES string of the molecule is CC(C)(O)CNCC(C(N)=NO)c1ccccc1. The molecular weight excluding hydrogens is 230 g/mol.